The molecular formula is C13H13ClFN3O2. The van der Waals surface area contributed by atoms with Gasteiger partial charge in [-0.05, 0) is 18.6 Å². The second-order valence-corrected chi connectivity index (χ2v) is 4.49. The molecule has 0 amide bonds. The van der Waals surface area contributed by atoms with Gasteiger partial charge in [-0.1, -0.05) is 28.9 Å². The van der Waals surface area contributed by atoms with Gasteiger partial charge in [0, 0.05) is 17.1 Å². The summed E-state index contributed by atoms with van der Waals surface area (Å²) in [7, 11) is 1.27. The minimum absolute atomic E-state index is 0.105. The Hall–Kier alpha value is -1.95. The predicted molar refractivity (Wildman–Crippen MR) is 72.4 cm³/mol. The lowest BCUT2D eigenvalue weighted by Gasteiger charge is -2.07. The maximum Gasteiger partial charge on any atom is 0.360 e. The quantitative estimate of drug-likeness (QED) is 0.796. The zero-order valence-electron chi connectivity index (χ0n) is 10.8. The zero-order valence-corrected chi connectivity index (χ0v) is 11.6. The number of carbonyl (C=O) groups excluding carboxylic acids is 1. The van der Waals surface area contributed by atoms with Crippen LogP contribution in [-0.4, -0.2) is 34.7 Å². The average Bonchev–Trinajstić information content (AvgIpc) is 2.89. The Balaban J connectivity index is 2.48. The summed E-state index contributed by atoms with van der Waals surface area (Å²) in [5.41, 5.74) is 1.33. The van der Waals surface area contributed by atoms with Crippen LogP contribution in [0.3, 0.4) is 0 Å². The molecule has 0 radical (unpaired) electrons. The molecule has 0 spiro atoms. The summed E-state index contributed by atoms with van der Waals surface area (Å²) in [5, 5.41) is 8.29. The molecule has 106 valence electrons. The molecule has 0 bridgehead atoms. The Kier molecular flexibility index (Phi) is 4.68. The maximum absolute atomic E-state index is 12.3. The number of hydrogen-bond donors (Lipinski definition) is 0. The van der Waals surface area contributed by atoms with E-state index < -0.39 is 12.6 Å². The Morgan fingerprint density at radius 2 is 2.10 bits per heavy atom. The molecule has 1 heterocycles. The molecule has 0 atom stereocenters. The van der Waals surface area contributed by atoms with Crippen LogP contribution in [-0.2, 0) is 11.3 Å². The average molecular weight is 298 g/mol. The lowest BCUT2D eigenvalue weighted by molar-refractivity contribution is 0.0595. The van der Waals surface area contributed by atoms with Crippen LogP contribution in [0, 0.1) is 0 Å². The van der Waals surface area contributed by atoms with Crippen LogP contribution in [0.15, 0.2) is 24.3 Å². The highest BCUT2D eigenvalue weighted by molar-refractivity contribution is 6.30. The number of halogens is 2. The van der Waals surface area contributed by atoms with Crippen molar-refractivity contribution in [1.29, 1.82) is 0 Å². The molecule has 0 aliphatic carbocycles. The van der Waals surface area contributed by atoms with E-state index in [1.807, 2.05) is 0 Å². The summed E-state index contributed by atoms with van der Waals surface area (Å²) >= 11 is 5.85. The van der Waals surface area contributed by atoms with Crippen molar-refractivity contribution >= 4 is 17.6 Å². The Morgan fingerprint density at radius 3 is 2.70 bits per heavy atom. The SMILES string of the molecule is COC(=O)c1nnn(CCCF)c1-c1ccc(Cl)cc1. The first-order valence-electron chi connectivity index (χ1n) is 6.01. The number of nitrogens with zero attached hydrogens (tertiary/aromatic N) is 3. The van der Waals surface area contributed by atoms with E-state index in [-0.39, 0.29) is 5.69 Å². The van der Waals surface area contributed by atoms with Gasteiger partial charge in [0.25, 0.3) is 0 Å². The first kappa shape index (κ1) is 14.5. The minimum atomic E-state index is -0.582. The van der Waals surface area contributed by atoms with Crippen LogP contribution in [0.2, 0.25) is 5.02 Å². The number of carbonyl (C=O) groups is 1. The van der Waals surface area contributed by atoms with E-state index in [1.165, 1.54) is 11.8 Å². The van der Waals surface area contributed by atoms with Gasteiger partial charge in [-0.3, -0.25) is 4.39 Å². The smallest absolute Gasteiger partial charge is 0.360 e. The highest BCUT2D eigenvalue weighted by Crippen LogP contribution is 2.24. The largest absolute Gasteiger partial charge is 0.464 e. The van der Waals surface area contributed by atoms with Crippen LogP contribution >= 0.6 is 11.6 Å². The summed E-state index contributed by atoms with van der Waals surface area (Å²) < 4.78 is 18.5. The van der Waals surface area contributed by atoms with Gasteiger partial charge in [0.05, 0.1) is 13.8 Å². The fourth-order valence-corrected chi connectivity index (χ4v) is 1.93. The second-order valence-electron chi connectivity index (χ2n) is 4.05. The van der Waals surface area contributed by atoms with E-state index in [2.05, 4.69) is 15.0 Å². The normalized spacial score (nSPS) is 10.6. The van der Waals surface area contributed by atoms with Crippen molar-refractivity contribution in [2.75, 3.05) is 13.8 Å². The van der Waals surface area contributed by atoms with Gasteiger partial charge in [-0.2, -0.15) is 0 Å². The maximum atomic E-state index is 12.3. The molecular weight excluding hydrogens is 285 g/mol. The number of esters is 1. The molecule has 0 saturated carbocycles. The van der Waals surface area contributed by atoms with Gasteiger partial charge in [-0.15, -0.1) is 5.10 Å². The van der Waals surface area contributed by atoms with Crippen LogP contribution in [0.5, 0.6) is 0 Å². The zero-order chi connectivity index (χ0) is 14.5. The topological polar surface area (TPSA) is 57.0 Å². The van der Waals surface area contributed by atoms with Crippen molar-refractivity contribution in [1.82, 2.24) is 15.0 Å². The van der Waals surface area contributed by atoms with E-state index in [0.29, 0.717) is 23.7 Å². The van der Waals surface area contributed by atoms with E-state index in [0.717, 1.165) is 5.56 Å². The Morgan fingerprint density at radius 1 is 1.40 bits per heavy atom. The number of hydrogen-bond acceptors (Lipinski definition) is 4. The van der Waals surface area contributed by atoms with Crippen molar-refractivity contribution in [3.8, 4) is 11.3 Å². The lowest BCUT2D eigenvalue weighted by atomic mass is 10.1. The van der Waals surface area contributed by atoms with Crippen LogP contribution in [0.1, 0.15) is 16.9 Å². The van der Waals surface area contributed by atoms with Gasteiger partial charge < -0.3 is 4.74 Å². The molecule has 2 rings (SSSR count). The predicted octanol–water partition coefficient (Wildman–Crippen LogP) is 2.74. The summed E-state index contributed by atoms with van der Waals surface area (Å²) in [6.07, 6.45) is 0.296. The van der Waals surface area contributed by atoms with Gasteiger partial charge in [-0.25, -0.2) is 9.48 Å². The number of aryl methyl sites for hydroxylation is 1. The van der Waals surface area contributed by atoms with Crippen LogP contribution in [0.25, 0.3) is 11.3 Å². The van der Waals surface area contributed by atoms with E-state index in [1.54, 1.807) is 24.3 Å². The number of aromatic nitrogens is 3. The Bertz CT molecular complexity index is 598. The molecule has 0 fully saturated rings. The highest BCUT2D eigenvalue weighted by Gasteiger charge is 2.21. The first-order chi connectivity index (χ1) is 9.67. The van der Waals surface area contributed by atoms with Gasteiger partial charge in [0.15, 0.2) is 5.69 Å². The van der Waals surface area contributed by atoms with Gasteiger partial charge in [0.1, 0.15) is 5.69 Å². The van der Waals surface area contributed by atoms with Crippen molar-refractivity contribution in [2.24, 2.45) is 0 Å². The number of rotatable bonds is 5. The second kappa shape index (κ2) is 6.47. The number of methoxy groups -OCH3 is 1. The van der Waals surface area contributed by atoms with Crippen molar-refractivity contribution < 1.29 is 13.9 Å². The van der Waals surface area contributed by atoms with Gasteiger partial charge >= 0.3 is 5.97 Å². The van der Waals surface area contributed by atoms with E-state index in [4.69, 9.17) is 11.6 Å². The number of benzene rings is 1. The number of alkyl halides is 1. The molecule has 0 aliphatic rings. The van der Waals surface area contributed by atoms with Crippen LogP contribution in [0.4, 0.5) is 4.39 Å². The standard InChI is InChI=1S/C13H13ClFN3O2/c1-20-13(19)11-12(9-3-5-10(14)6-4-9)18(17-16-11)8-2-7-15/h3-6H,2,7-8H2,1H3. The molecule has 5 nitrogen and oxygen atoms in total. The van der Waals surface area contributed by atoms with E-state index in [9.17, 15) is 9.18 Å². The monoisotopic (exact) mass is 297 g/mol. The molecule has 7 heteroatoms. The molecule has 0 aliphatic heterocycles. The summed E-state index contributed by atoms with van der Waals surface area (Å²) in [5.74, 6) is -0.582. The fourth-order valence-electron chi connectivity index (χ4n) is 1.81. The minimum Gasteiger partial charge on any atom is -0.464 e. The number of ether oxygens (including phenoxy) is 1. The van der Waals surface area contributed by atoms with Crippen LogP contribution < -0.4 is 0 Å². The van der Waals surface area contributed by atoms with Crippen molar-refractivity contribution in [3.05, 3.63) is 35.0 Å². The molecule has 1 aromatic carbocycles. The molecule has 20 heavy (non-hydrogen) atoms. The van der Waals surface area contributed by atoms with Crippen molar-refractivity contribution in [2.45, 2.75) is 13.0 Å². The lowest BCUT2D eigenvalue weighted by Crippen LogP contribution is -2.07. The van der Waals surface area contributed by atoms with E-state index >= 15 is 0 Å². The molecule has 0 N–H and O–H groups in total. The molecule has 2 aromatic rings. The summed E-state index contributed by atoms with van der Waals surface area (Å²) in [6, 6.07) is 6.90. The molecule has 1 aromatic heterocycles. The highest BCUT2D eigenvalue weighted by atomic mass is 35.5. The summed E-state index contributed by atoms with van der Waals surface area (Å²) in [6.45, 7) is -0.133. The third-order valence-electron chi connectivity index (χ3n) is 2.74. The molecule has 0 unspecified atom stereocenters. The third-order valence-corrected chi connectivity index (χ3v) is 2.99. The summed E-state index contributed by atoms with van der Waals surface area (Å²) in [4.78, 5) is 11.7. The Labute approximate surface area is 120 Å². The molecule has 0 saturated heterocycles. The third kappa shape index (κ3) is 2.96. The fraction of sp³-hybridized carbons (Fsp3) is 0.308. The first-order valence-corrected chi connectivity index (χ1v) is 6.39. The van der Waals surface area contributed by atoms with Crippen molar-refractivity contribution in [3.63, 3.8) is 0 Å². The van der Waals surface area contributed by atoms with Gasteiger partial charge in [0.2, 0.25) is 0 Å².